The number of anilines is 1. The third-order valence-corrected chi connectivity index (χ3v) is 5.29. The third-order valence-electron chi connectivity index (χ3n) is 5.06. The number of hydrogen-bond acceptors (Lipinski definition) is 1. The van der Waals surface area contributed by atoms with Crippen molar-refractivity contribution in [3.05, 3.63) is 64.9 Å². The van der Waals surface area contributed by atoms with Crippen molar-refractivity contribution in [3.63, 3.8) is 0 Å². The van der Waals surface area contributed by atoms with Gasteiger partial charge >= 0.3 is 0 Å². The van der Waals surface area contributed by atoms with Gasteiger partial charge in [-0.25, -0.2) is 4.39 Å². The highest BCUT2D eigenvalue weighted by Crippen LogP contribution is 2.10. The molecular formula is C20H25ClFN3O+2. The van der Waals surface area contributed by atoms with Crippen LogP contribution in [0.3, 0.4) is 0 Å². The molecule has 4 nitrogen and oxygen atoms in total. The van der Waals surface area contributed by atoms with Gasteiger partial charge in [-0.2, -0.15) is 0 Å². The van der Waals surface area contributed by atoms with Crippen molar-refractivity contribution in [2.24, 2.45) is 0 Å². The van der Waals surface area contributed by atoms with E-state index in [0.29, 0.717) is 5.69 Å². The SMILES string of the molecule is C[C@H](C(=O)Nc1ccc(F)cc1)[NH+]1CC[NH+](Cc2cccc(Cl)c2)CC1. The standard InChI is InChI=1S/C20H23ClFN3O/c1-15(20(26)23-19-7-5-18(22)6-8-19)25-11-9-24(10-12-25)14-16-3-2-4-17(21)13-16/h2-8,13,15H,9-12,14H2,1H3,(H,23,26)/p+2/t15-/m1/s1. The van der Waals surface area contributed by atoms with Crippen LogP contribution in [0.1, 0.15) is 12.5 Å². The molecule has 3 N–H and O–H groups in total. The minimum absolute atomic E-state index is 0.0232. The second-order valence-electron chi connectivity index (χ2n) is 6.93. The Hall–Kier alpha value is -1.95. The molecule has 1 saturated heterocycles. The second-order valence-corrected chi connectivity index (χ2v) is 7.37. The Morgan fingerprint density at radius 3 is 2.50 bits per heavy atom. The highest BCUT2D eigenvalue weighted by atomic mass is 35.5. The zero-order valence-electron chi connectivity index (χ0n) is 14.9. The maximum Gasteiger partial charge on any atom is 0.282 e. The van der Waals surface area contributed by atoms with Crippen molar-refractivity contribution < 1.29 is 19.0 Å². The summed E-state index contributed by atoms with van der Waals surface area (Å²) >= 11 is 6.06. The molecular weight excluding hydrogens is 353 g/mol. The van der Waals surface area contributed by atoms with Gasteiger partial charge in [0.2, 0.25) is 0 Å². The average Bonchev–Trinajstić information content (AvgIpc) is 2.64. The van der Waals surface area contributed by atoms with Crippen LogP contribution in [0.4, 0.5) is 10.1 Å². The van der Waals surface area contributed by atoms with Crippen LogP contribution in [-0.2, 0) is 11.3 Å². The molecule has 1 heterocycles. The average molecular weight is 378 g/mol. The Morgan fingerprint density at radius 1 is 1.15 bits per heavy atom. The molecule has 0 unspecified atom stereocenters. The minimum atomic E-state index is -0.305. The molecule has 1 aliphatic rings. The van der Waals surface area contributed by atoms with Gasteiger partial charge in [0, 0.05) is 16.3 Å². The lowest BCUT2D eigenvalue weighted by molar-refractivity contribution is -1.02. The Kier molecular flexibility index (Phi) is 6.25. The van der Waals surface area contributed by atoms with Crippen LogP contribution in [0.5, 0.6) is 0 Å². The van der Waals surface area contributed by atoms with E-state index in [1.54, 1.807) is 12.1 Å². The molecule has 0 aliphatic carbocycles. The number of rotatable bonds is 5. The first-order valence-corrected chi connectivity index (χ1v) is 9.38. The number of quaternary nitrogens is 2. The molecule has 2 aromatic rings. The molecule has 26 heavy (non-hydrogen) atoms. The van der Waals surface area contributed by atoms with Crippen LogP contribution in [0.2, 0.25) is 5.02 Å². The van der Waals surface area contributed by atoms with E-state index in [2.05, 4.69) is 11.4 Å². The molecule has 138 valence electrons. The molecule has 0 radical (unpaired) electrons. The van der Waals surface area contributed by atoms with Gasteiger partial charge < -0.3 is 15.1 Å². The molecule has 1 amide bonds. The van der Waals surface area contributed by atoms with Crippen molar-refractivity contribution >= 4 is 23.2 Å². The number of amides is 1. The van der Waals surface area contributed by atoms with E-state index in [1.807, 2.05) is 25.1 Å². The first-order chi connectivity index (χ1) is 12.5. The van der Waals surface area contributed by atoms with Gasteiger partial charge in [0.25, 0.3) is 5.91 Å². The van der Waals surface area contributed by atoms with Crippen LogP contribution in [0, 0.1) is 5.82 Å². The fourth-order valence-corrected chi connectivity index (χ4v) is 3.65. The fourth-order valence-electron chi connectivity index (χ4n) is 3.44. The normalized spacial score (nSPS) is 21.2. The summed E-state index contributed by atoms with van der Waals surface area (Å²) in [6.07, 6.45) is 0. The summed E-state index contributed by atoms with van der Waals surface area (Å²) in [7, 11) is 0. The van der Waals surface area contributed by atoms with E-state index in [0.717, 1.165) is 37.7 Å². The number of carbonyl (C=O) groups excluding carboxylic acids is 1. The topological polar surface area (TPSA) is 38.0 Å². The summed E-state index contributed by atoms with van der Waals surface area (Å²) in [5, 5.41) is 3.65. The molecule has 0 spiro atoms. The molecule has 1 fully saturated rings. The number of carbonyl (C=O) groups is 1. The fraction of sp³-hybridized carbons (Fsp3) is 0.350. The first-order valence-electron chi connectivity index (χ1n) is 9.00. The Morgan fingerprint density at radius 2 is 1.85 bits per heavy atom. The molecule has 6 heteroatoms. The van der Waals surface area contributed by atoms with Crippen LogP contribution >= 0.6 is 11.6 Å². The van der Waals surface area contributed by atoms with Gasteiger partial charge in [-0.15, -0.1) is 0 Å². The maximum absolute atomic E-state index is 13.0. The van der Waals surface area contributed by atoms with Gasteiger partial charge in [0.15, 0.2) is 6.04 Å². The third kappa shape index (κ3) is 5.04. The summed E-state index contributed by atoms with van der Waals surface area (Å²) < 4.78 is 13.0. The zero-order chi connectivity index (χ0) is 18.5. The molecule has 0 saturated carbocycles. The van der Waals surface area contributed by atoms with E-state index in [4.69, 9.17) is 11.6 Å². The predicted molar refractivity (Wildman–Crippen MR) is 101 cm³/mol. The van der Waals surface area contributed by atoms with Crippen molar-refractivity contribution in [1.82, 2.24) is 0 Å². The van der Waals surface area contributed by atoms with Gasteiger partial charge in [-0.1, -0.05) is 23.7 Å². The molecule has 2 aromatic carbocycles. The highest BCUT2D eigenvalue weighted by Gasteiger charge is 2.31. The summed E-state index contributed by atoms with van der Waals surface area (Å²) in [5.41, 5.74) is 1.88. The Balaban J connectivity index is 1.49. The summed E-state index contributed by atoms with van der Waals surface area (Å²) in [6.45, 7) is 6.87. The van der Waals surface area contributed by atoms with E-state index in [1.165, 1.54) is 27.5 Å². The maximum atomic E-state index is 13.0. The van der Waals surface area contributed by atoms with Crippen LogP contribution in [-0.4, -0.2) is 38.1 Å². The number of halogens is 2. The predicted octanol–water partition coefficient (Wildman–Crippen LogP) is 0.790. The van der Waals surface area contributed by atoms with Crippen LogP contribution in [0.25, 0.3) is 0 Å². The van der Waals surface area contributed by atoms with Crippen LogP contribution in [0.15, 0.2) is 48.5 Å². The summed E-state index contributed by atoms with van der Waals surface area (Å²) in [4.78, 5) is 15.3. The van der Waals surface area contributed by atoms with Crippen molar-refractivity contribution in [1.29, 1.82) is 0 Å². The lowest BCUT2D eigenvalue weighted by Gasteiger charge is -2.32. The largest absolute Gasteiger partial charge is 0.322 e. The van der Waals surface area contributed by atoms with Crippen molar-refractivity contribution in [2.45, 2.75) is 19.5 Å². The van der Waals surface area contributed by atoms with Gasteiger partial charge in [0.05, 0.1) is 0 Å². The highest BCUT2D eigenvalue weighted by molar-refractivity contribution is 6.30. The monoisotopic (exact) mass is 377 g/mol. The van der Waals surface area contributed by atoms with E-state index < -0.39 is 0 Å². The van der Waals surface area contributed by atoms with Crippen LogP contribution < -0.4 is 15.1 Å². The Bertz CT molecular complexity index is 745. The molecule has 0 bridgehead atoms. The van der Waals surface area contributed by atoms with Gasteiger partial charge in [0.1, 0.15) is 38.5 Å². The van der Waals surface area contributed by atoms with E-state index in [9.17, 15) is 9.18 Å². The summed E-state index contributed by atoms with van der Waals surface area (Å²) in [6, 6.07) is 13.8. The number of benzene rings is 2. The lowest BCUT2D eigenvalue weighted by atomic mass is 10.1. The molecule has 3 rings (SSSR count). The van der Waals surface area contributed by atoms with Gasteiger partial charge in [-0.3, -0.25) is 4.79 Å². The van der Waals surface area contributed by atoms with Gasteiger partial charge in [-0.05, 0) is 43.3 Å². The zero-order valence-corrected chi connectivity index (χ0v) is 15.7. The molecule has 1 atom stereocenters. The Labute approximate surface area is 158 Å². The van der Waals surface area contributed by atoms with Crippen molar-refractivity contribution in [3.8, 4) is 0 Å². The number of hydrogen-bond donors (Lipinski definition) is 3. The lowest BCUT2D eigenvalue weighted by Crippen LogP contribution is -3.29. The first kappa shape index (κ1) is 18.8. The van der Waals surface area contributed by atoms with E-state index >= 15 is 0 Å². The number of piperazine rings is 1. The van der Waals surface area contributed by atoms with Crippen molar-refractivity contribution in [2.75, 3.05) is 31.5 Å². The quantitative estimate of drug-likeness (QED) is 0.708. The van der Waals surface area contributed by atoms with E-state index in [-0.39, 0.29) is 17.8 Å². The number of nitrogens with one attached hydrogen (secondary N) is 3. The molecule has 0 aromatic heterocycles. The summed E-state index contributed by atoms with van der Waals surface area (Å²) in [5.74, 6) is -0.328. The molecule has 1 aliphatic heterocycles. The smallest absolute Gasteiger partial charge is 0.282 e. The second kappa shape index (κ2) is 8.62. The minimum Gasteiger partial charge on any atom is -0.322 e.